The van der Waals surface area contributed by atoms with Crippen molar-refractivity contribution < 1.29 is 9.53 Å². The van der Waals surface area contributed by atoms with E-state index >= 15 is 0 Å². The minimum absolute atomic E-state index is 0. The van der Waals surface area contributed by atoms with Crippen molar-refractivity contribution in [2.24, 2.45) is 5.73 Å². The smallest absolute Gasteiger partial charge is 0.260 e. The SMILES string of the molecule is CC(CN)N(C)C(=O)COc1ccc(Cl)cc1Cl.Cl. The number of benzene rings is 1. The highest BCUT2D eigenvalue weighted by Crippen LogP contribution is 2.27. The third-order valence-corrected chi connectivity index (χ3v) is 3.17. The zero-order valence-corrected chi connectivity index (χ0v) is 13.1. The minimum atomic E-state index is -0.154. The van der Waals surface area contributed by atoms with Gasteiger partial charge in [0.15, 0.2) is 6.61 Å². The van der Waals surface area contributed by atoms with Crippen LogP contribution in [0.2, 0.25) is 10.0 Å². The van der Waals surface area contributed by atoms with Crippen LogP contribution in [0.4, 0.5) is 0 Å². The van der Waals surface area contributed by atoms with E-state index in [4.69, 9.17) is 33.7 Å². The highest BCUT2D eigenvalue weighted by Gasteiger charge is 2.15. The number of hydrogen-bond donors (Lipinski definition) is 1. The second-order valence-corrected chi connectivity index (χ2v) is 4.80. The fourth-order valence-electron chi connectivity index (χ4n) is 1.24. The van der Waals surface area contributed by atoms with Crippen LogP contribution in [0.25, 0.3) is 0 Å². The third kappa shape index (κ3) is 5.45. The topological polar surface area (TPSA) is 55.6 Å². The quantitative estimate of drug-likeness (QED) is 0.904. The molecule has 1 atom stereocenters. The molecule has 0 fully saturated rings. The number of halogens is 3. The predicted molar refractivity (Wildman–Crippen MR) is 80.5 cm³/mol. The Balaban J connectivity index is 0.00000324. The van der Waals surface area contributed by atoms with Gasteiger partial charge in [0, 0.05) is 24.7 Å². The number of ether oxygens (including phenoxy) is 1. The lowest BCUT2D eigenvalue weighted by Gasteiger charge is -2.23. The summed E-state index contributed by atoms with van der Waals surface area (Å²) in [6, 6.07) is 4.82. The van der Waals surface area contributed by atoms with Crippen LogP contribution in [0.15, 0.2) is 18.2 Å². The average Bonchev–Trinajstić information content (AvgIpc) is 2.35. The Hall–Kier alpha value is -0.680. The number of likely N-dealkylation sites (N-methyl/N-ethyl adjacent to an activating group) is 1. The van der Waals surface area contributed by atoms with Crippen LogP contribution < -0.4 is 10.5 Å². The molecule has 2 N–H and O–H groups in total. The predicted octanol–water partition coefficient (Wildman–Crippen LogP) is 2.60. The first kappa shape index (κ1) is 18.3. The van der Waals surface area contributed by atoms with Gasteiger partial charge in [0.05, 0.1) is 5.02 Å². The van der Waals surface area contributed by atoms with Gasteiger partial charge in [0.25, 0.3) is 5.91 Å². The van der Waals surface area contributed by atoms with Crippen molar-refractivity contribution >= 4 is 41.5 Å². The number of carbonyl (C=O) groups excluding carboxylic acids is 1. The summed E-state index contributed by atoms with van der Waals surface area (Å²) in [5.74, 6) is 0.280. The minimum Gasteiger partial charge on any atom is -0.482 e. The molecular formula is C12H17Cl3N2O2. The van der Waals surface area contributed by atoms with Crippen molar-refractivity contribution in [2.45, 2.75) is 13.0 Å². The van der Waals surface area contributed by atoms with Gasteiger partial charge in [-0.1, -0.05) is 23.2 Å². The van der Waals surface area contributed by atoms with E-state index in [1.54, 1.807) is 30.1 Å². The molecule has 1 unspecified atom stereocenters. The summed E-state index contributed by atoms with van der Waals surface area (Å²) in [5.41, 5.74) is 5.49. The Morgan fingerprint density at radius 2 is 2.11 bits per heavy atom. The van der Waals surface area contributed by atoms with Gasteiger partial charge in [-0.25, -0.2) is 0 Å². The molecular weight excluding hydrogens is 311 g/mol. The molecule has 1 aromatic carbocycles. The van der Waals surface area contributed by atoms with Gasteiger partial charge in [-0.05, 0) is 25.1 Å². The molecule has 0 saturated carbocycles. The van der Waals surface area contributed by atoms with Crippen LogP contribution in [-0.4, -0.2) is 37.0 Å². The average molecular weight is 328 g/mol. The standard InChI is InChI=1S/C12H16Cl2N2O2.ClH/c1-8(6-15)16(2)12(17)7-18-11-4-3-9(13)5-10(11)14;/h3-5,8H,6-7,15H2,1-2H3;1H. The lowest BCUT2D eigenvalue weighted by Crippen LogP contribution is -2.42. The zero-order valence-electron chi connectivity index (χ0n) is 10.7. The second kappa shape index (κ2) is 8.48. The lowest BCUT2D eigenvalue weighted by atomic mass is 10.3. The summed E-state index contributed by atoms with van der Waals surface area (Å²) in [6.07, 6.45) is 0. The summed E-state index contributed by atoms with van der Waals surface area (Å²) in [4.78, 5) is 13.3. The van der Waals surface area contributed by atoms with E-state index in [9.17, 15) is 4.79 Å². The van der Waals surface area contributed by atoms with Gasteiger partial charge in [-0.15, -0.1) is 12.4 Å². The first-order valence-electron chi connectivity index (χ1n) is 5.49. The van der Waals surface area contributed by atoms with E-state index < -0.39 is 0 Å². The van der Waals surface area contributed by atoms with E-state index in [1.807, 2.05) is 6.92 Å². The van der Waals surface area contributed by atoms with E-state index in [2.05, 4.69) is 0 Å². The molecule has 0 aliphatic heterocycles. The van der Waals surface area contributed by atoms with Crippen molar-refractivity contribution in [3.8, 4) is 5.75 Å². The molecule has 108 valence electrons. The maximum Gasteiger partial charge on any atom is 0.260 e. The third-order valence-electron chi connectivity index (χ3n) is 2.64. The van der Waals surface area contributed by atoms with Gasteiger partial charge in [-0.2, -0.15) is 0 Å². The highest BCUT2D eigenvalue weighted by atomic mass is 35.5. The van der Waals surface area contributed by atoms with Crippen molar-refractivity contribution in [3.63, 3.8) is 0 Å². The Bertz CT molecular complexity index is 429. The van der Waals surface area contributed by atoms with Crippen molar-refractivity contribution in [2.75, 3.05) is 20.2 Å². The van der Waals surface area contributed by atoms with Gasteiger partial charge in [0.2, 0.25) is 0 Å². The number of nitrogens with two attached hydrogens (primary N) is 1. The Morgan fingerprint density at radius 3 is 2.63 bits per heavy atom. The molecule has 0 spiro atoms. The second-order valence-electron chi connectivity index (χ2n) is 3.95. The lowest BCUT2D eigenvalue weighted by molar-refractivity contribution is -0.133. The van der Waals surface area contributed by atoms with E-state index in [-0.39, 0.29) is 31.0 Å². The number of rotatable bonds is 5. The molecule has 4 nitrogen and oxygen atoms in total. The first-order chi connectivity index (χ1) is 8.45. The number of amides is 1. The summed E-state index contributed by atoms with van der Waals surface area (Å²) < 4.78 is 5.35. The van der Waals surface area contributed by atoms with Crippen molar-refractivity contribution in [1.82, 2.24) is 4.90 Å². The first-order valence-corrected chi connectivity index (χ1v) is 6.25. The van der Waals surface area contributed by atoms with Crippen LogP contribution in [0.5, 0.6) is 5.75 Å². The molecule has 0 radical (unpaired) electrons. The van der Waals surface area contributed by atoms with Gasteiger partial charge in [-0.3, -0.25) is 4.79 Å². The molecule has 0 aliphatic rings. The highest BCUT2D eigenvalue weighted by molar-refractivity contribution is 6.35. The molecule has 0 saturated heterocycles. The number of nitrogens with zero attached hydrogens (tertiary/aromatic N) is 1. The molecule has 1 amide bonds. The molecule has 0 heterocycles. The maximum atomic E-state index is 11.8. The number of carbonyl (C=O) groups is 1. The van der Waals surface area contributed by atoms with E-state index in [0.29, 0.717) is 22.3 Å². The van der Waals surface area contributed by atoms with E-state index in [0.717, 1.165) is 0 Å². The van der Waals surface area contributed by atoms with Crippen LogP contribution in [0, 0.1) is 0 Å². The zero-order chi connectivity index (χ0) is 13.7. The van der Waals surface area contributed by atoms with Crippen LogP contribution in [0.1, 0.15) is 6.92 Å². The monoisotopic (exact) mass is 326 g/mol. The van der Waals surface area contributed by atoms with Gasteiger partial charge in [0.1, 0.15) is 5.75 Å². The summed E-state index contributed by atoms with van der Waals surface area (Å²) in [7, 11) is 1.69. The van der Waals surface area contributed by atoms with Crippen molar-refractivity contribution in [1.29, 1.82) is 0 Å². The molecule has 19 heavy (non-hydrogen) atoms. The van der Waals surface area contributed by atoms with Crippen LogP contribution in [-0.2, 0) is 4.79 Å². The summed E-state index contributed by atoms with van der Waals surface area (Å²) >= 11 is 11.7. The van der Waals surface area contributed by atoms with Crippen LogP contribution >= 0.6 is 35.6 Å². The molecule has 1 rings (SSSR count). The molecule has 0 bridgehead atoms. The normalized spacial score (nSPS) is 11.4. The summed E-state index contributed by atoms with van der Waals surface area (Å²) in [5, 5.41) is 0.900. The molecule has 7 heteroatoms. The van der Waals surface area contributed by atoms with E-state index in [1.165, 1.54) is 0 Å². The van der Waals surface area contributed by atoms with Crippen molar-refractivity contribution in [3.05, 3.63) is 28.2 Å². The van der Waals surface area contributed by atoms with Gasteiger partial charge < -0.3 is 15.4 Å². The largest absolute Gasteiger partial charge is 0.482 e. The Kier molecular flexibility index (Phi) is 8.18. The van der Waals surface area contributed by atoms with Gasteiger partial charge >= 0.3 is 0 Å². The molecule has 0 aromatic heterocycles. The summed E-state index contributed by atoms with van der Waals surface area (Å²) in [6.45, 7) is 2.19. The number of hydrogen-bond acceptors (Lipinski definition) is 3. The molecule has 0 aliphatic carbocycles. The maximum absolute atomic E-state index is 11.8. The fourth-order valence-corrected chi connectivity index (χ4v) is 1.70. The molecule has 1 aromatic rings. The van der Waals surface area contributed by atoms with Crippen LogP contribution in [0.3, 0.4) is 0 Å². The fraction of sp³-hybridized carbons (Fsp3) is 0.417. The Labute approximate surface area is 129 Å². The Morgan fingerprint density at radius 1 is 1.47 bits per heavy atom.